The van der Waals surface area contributed by atoms with Crippen molar-refractivity contribution >= 4 is 17.4 Å². The van der Waals surface area contributed by atoms with Gasteiger partial charge in [-0.15, -0.1) is 0 Å². The number of hydrogen-bond acceptors (Lipinski definition) is 5. The Morgan fingerprint density at radius 1 is 1.33 bits per heavy atom. The van der Waals surface area contributed by atoms with Gasteiger partial charge in [0.1, 0.15) is 6.20 Å². The average Bonchev–Trinajstić information content (AvgIpc) is 2.86. The first-order chi connectivity index (χ1) is 12.4. The molecule has 0 fully saturated rings. The summed E-state index contributed by atoms with van der Waals surface area (Å²) in [6, 6.07) is 4.77. The van der Waals surface area contributed by atoms with Crippen molar-refractivity contribution in [1.82, 2.24) is 14.5 Å². The number of nitrogens with zero attached hydrogens (tertiary/aromatic N) is 4. The molecule has 1 N–H and O–H groups in total. The van der Waals surface area contributed by atoms with E-state index in [1.807, 2.05) is 0 Å². The van der Waals surface area contributed by atoms with Crippen LogP contribution in [0.5, 0.6) is 0 Å². The molecule has 148 valence electrons. The molecule has 0 aliphatic carbocycles. The van der Waals surface area contributed by atoms with Crippen LogP contribution in [0.4, 0.5) is 19.0 Å². The first-order valence-electron chi connectivity index (χ1n) is 7.81. The van der Waals surface area contributed by atoms with E-state index in [0.29, 0.717) is 12.1 Å². The van der Waals surface area contributed by atoms with Crippen LogP contribution < -0.4 is 0 Å². The van der Waals surface area contributed by atoms with Gasteiger partial charge in [0.15, 0.2) is 0 Å². The average molecular weight is 407 g/mol. The minimum Gasteiger partial charge on any atom is -0.387 e. The number of alkyl halides is 3. The number of benzene rings is 1. The number of hydrogen-bond donors (Lipinski definition) is 1. The zero-order valence-corrected chi connectivity index (χ0v) is 15.3. The van der Waals surface area contributed by atoms with Gasteiger partial charge in [-0.25, -0.2) is 0 Å². The summed E-state index contributed by atoms with van der Waals surface area (Å²) < 4.78 is 39.0. The zero-order chi connectivity index (χ0) is 20.4. The van der Waals surface area contributed by atoms with E-state index >= 15 is 0 Å². The van der Waals surface area contributed by atoms with E-state index in [4.69, 9.17) is 11.6 Å². The van der Waals surface area contributed by atoms with Crippen molar-refractivity contribution in [3.8, 4) is 0 Å². The van der Waals surface area contributed by atoms with Crippen molar-refractivity contribution in [3.63, 3.8) is 0 Å². The quantitative estimate of drug-likeness (QED) is 0.563. The van der Waals surface area contributed by atoms with Crippen LogP contribution in [0.3, 0.4) is 0 Å². The molecule has 2 rings (SSSR count). The first kappa shape index (κ1) is 21.1. The van der Waals surface area contributed by atoms with Crippen LogP contribution in [-0.4, -0.2) is 43.7 Å². The smallest absolute Gasteiger partial charge is 0.387 e. The van der Waals surface area contributed by atoms with Gasteiger partial charge in [-0.05, 0) is 53.2 Å². The van der Waals surface area contributed by atoms with Crippen LogP contribution in [0.1, 0.15) is 18.1 Å². The fourth-order valence-electron chi connectivity index (χ4n) is 2.74. The summed E-state index contributed by atoms with van der Waals surface area (Å²) in [5.74, 6) is -0.422. The van der Waals surface area contributed by atoms with Crippen LogP contribution in [0, 0.1) is 10.1 Å². The van der Waals surface area contributed by atoms with E-state index in [1.165, 1.54) is 23.6 Å². The Balaban J connectivity index is 1.99. The highest BCUT2D eigenvalue weighted by Crippen LogP contribution is 2.29. The Bertz CT molecular complexity index is 806. The lowest BCUT2D eigenvalue weighted by atomic mass is 10.1. The van der Waals surface area contributed by atoms with Crippen LogP contribution in [0.2, 0.25) is 5.28 Å². The molecule has 1 heterocycles. The summed E-state index contributed by atoms with van der Waals surface area (Å²) in [6.45, 7) is 1.95. The van der Waals surface area contributed by atoms with Gasteiger partial charge in [0.05, 0.1) is 17.7 Å². The molecule has 1 aromatic carbocycles. The maximum absolute atomic E-state index is 12.6. The highest BCUT2D eigenvalue weighted by Gasteiger charge is 2.30. The third-order valence-corrected chi connectivity index (χ3v) is 4.06. The number of imidazole rings is 1. The lowest BCUT2D eigenvalue weighted by Gasteiger charge is -2.29. The van der Waals surface area contributed by atoms with E-state index in [1.54, 1.807) is 11.9 Å². The maximum atomic E-state index is 12.6. The molecule has 1 unspecified atom stereocenters. The predicted molar refractivity (Wildman–Crippen MR) is 92.3 cm³/mol. The van der Waals surface area contributed by atoms with Gasteiger partial charge in [-0.1, -0.05) is 12.1 Å². The summed E-state index contributed by atoms with van der Waals surface area (Å²) in [7, 11) is 1.70. The van der Waals surface area contributed by atoms with Gasteiger partial charge in [-0.2, -0.15) is 13.2 Å². The van der Waals surface area contributed by atoms with E-state index in [2.05, 4.69) is 4.98 Å². The number of halogens is 4. The SMILES string of the molecule is CN(Cc1ccc(C(F)(F)F)cc1)CC(C)(O)Cn1cc([N+](=O)[O-])nc1Cl. The van der Waals surface area contributed by atoms with Gasteiger partial charge < -0.3 is 15.2 Å². The number of rotatable bonds is 7. The van der Waals surface area contributed by atoms with Gasteiger partial charge in [0.2, 0.25) is 0 Å². The summed E-state index contributed by atoms with van der Waals surface area (Å²) in [4.78, 5) is 15.3. The number of nitro groups is 1. The molecule has 11 heteroatoms. The topological polar surface area (TPSA) is 84.4 Å². The number of aliphatic hydroxyl groups is 1. The second-order valence-corrected chi connectivity index (χ2v) is 6.96. The molecule has 0 amide bonds. The van der Waals surface area contributed by atoms with E-state index < -0.39 is 28.1 Å². The van der Waals surface area contributed by atoms with Gasteiger partial charge >= 0.3 is 17.3 Å². The third-order valence-electron chi connectivity index (χ3n) is 3.76. The highest BCUT2D eigenvalue weighted by molar-refractivity contribution is 6.28. The molecular weight excluding hydrogens is 389 g/mol. The highest BCUT2D eigenvalue weighted by atomic mass is 35.5. The zero-order valence-electron chi connectivity index (χ0n) is 14.6. The largest absolute Gasteiger partial charge is 0.416 e. The van der Waals surface area contributed by atoms with Crippen molar-refractivity contribution in [1.29, 1.82) is 0 Å². The molecule has 7 nitrogen and oxygen atoms in total. The Hall–Kier alpha value is -2.17. The van der Waals surface area contributed by atoms with Gasteiger partial charge in [0.25, 0.3) is 0 Å². The van der Waals surface area contributed by atoms with E-state index in [9.17, 15) is 28.4 Å². The minimum atomic E-state index is -4.39. The molecule has 0 aliphatic rings. The molecule has 27 heavy (non-hydrogen) atoms. The molecule has 2 aromatic rings. The van der Waals surface area contributed by atoms with Crippen molar-refractivity contribution in [2.24, 2.45) is 0 Å². The second kappa shape index (κ2) is 7.83. The molecule has 0 saturated carbocycles. The predicted octanol–water partition coefficient (Wildman–Crippen LogP) is 3.35. The Kier molecular flexibility index (Phi) is 6.13. The molecule has 0 saturated heterocycles. The molecule has 0 radical (unpaired) electrons. The molecule has 0 bridgehead atoms. The summed E-state index contributed by atoms with van der Waals surface area (Å²) in [5, 5.41) is 21.2. The third kappa shape index (κ3) is 5.91. The molecule has 1 aromatic heterocycles. The number of likely N-dealkylation sites (N-methyl/N-ethyl adjacent to an activating group) is 1. The van der Waals surface area contributed by atoms with Crippen molar-refractivity contribution in [2.75, 3.05) is 13.6 Å². The Morgan fingerprint density at radius 3 is 2.41 bits per heavy atom. The fraction of sp³-hybridized carbons (Fsp3) is 0.438. The minimum absolute atomic E-state index is 0.0377. The lowest BCUT2D eigenvalue weighted by Crippen LogP contribution is -2.42. The van der Waals surface area contributed by atoms with Crippen LogP contribution in [-0.2, 0) is 19.3 Å². The molecular formula is C16H18ClF3N4O3. The van der Waals surface area contributed by atoms with Crippen molar-refractivity contribution in [2.45, 2.75) is 31.8 Å². The standard InChI is InChI=1S/C16H18ClF3N4O3/c1-15(25,10-23-8-13(24(26)27)21-14(23)17)9-22(2)7-11-3-5-12(6-4-11)16(18,19)20/h3-6,8,25H,7,9-10H2,1-2H3. The maximum Gasteiger partial charge on any atom is 0.416 e. The fourth-order valence-corrected chi connectivity index (χ4v) is 2.94. The summed E-state index contributed by atoms with van der Waals surface area (Å²) in [5.41, 5.74) is -1.38. The monoisotopic (exact) mass is 406 g/mol. The normalized spacial score (nSPS) is 14.4. The summed E-state index contributed by atoms with van der Waals surface area (Å²) in [6.07, 6.45) is -3.26. The van der Waals surface area contributed by atoms with E-state index in [-0.39, 0.29) is 18.4 Å². The summed E-state index contributed by atoms with van der Waals surface area (Å²) >= 11 is 5.84. The van der Waals surface area contributed by atoms with Crippen LogP contribution >= 0.6 is 11.6 Å². The lowest BCUT2D eigenvalue weighted by molar-refractivity contribution is -0.389. The molecule has 0 spiro atoms. The van der Waals surface area contributed by atoms with Crippen LogP contribution in [0.25, 0.3) is 0 Å². The molecule has 1 atom stereocenters. The Morgan fingerprint density at radius 2 is 1.93 bits per heavy atom. The second-order valence-electron chi connectivity index (χ2n) is 6.62. The van der Waals surface area contributed by atoms with Gasteiger partial charge in [-0.3, -0.25) is 9.47 Å². The van der Waals surface area contributed by atoms with Crippen molar-refractivity contribution in [3.05, 3.63) is 57.0 Å². The molecule has 0 aliphatic heterocycles. The van der Waals surface area contributed by atoms with Crippen molar-refractivity contribution < 1.29 is 23.2 Å². The van der Waals surface area contributed by atoms with Crippen LogP contribution in [0.15, 0.2) is 30.5 Å². The first-order valence-corrected chi connectivity index (χ1v) is 8.19. The van der Waals surface area contributed by atoms with Gasteiger partial charge in [0, 0.05) is 13.1 Å². The Labute approximate surface area is 158 Å². The van der Waals surface area contributed by atoms with E-state index in [0.717, 1.165) is 18.3 Å². The number of aromatic nitrogens is 2.